The Morgan fingerprint density at radius 2 is 1.50 bits per heavy atom. The molecule has 104 valence electrons. The predicted molar refractivity (Wildman–Crippen MR) is 93.0 cm³/mol. The quantitative estimate of drug-likeness (QED) is 0.637. The maximum Gasteiger partial charge on any atom is 0.0148 e. The Morgan fingerprint density at radius 1 is 0.900 bits per heavy atom. The second-order valence-corrected chi connectivity index (χ2v) is 6.80. The predicted octanol–water partition coefficient (Wildman–Crippen LogP) is 5.85. The Morgan fingerprint density at radius 3 is 2.00 bits per heavy atom. The summed E-state index contributed by atoms with van der Waals surface area (Å²) in [6.45, 7) is 6.74. The van der Waals surface area contributed by atoms with E-state index >= 15 is 0 Å². The van der Waals surface area contributed by atoms with E-state index in [0.717, 1.165) is 0 Å². The molecule has 0 aliphatic heterocycles. The van der Waals surface area contributed by atoms with Gasteiger partial charge in [0.1, 0.15) is 0 Å². The molecule has 0 spiro atoms. The van der Waals surface area contributed by atoms with Gasteiger partial charge >= 0.3 is 0 Å². The highest BCUT2D eigenvalue weighted by Gasteiger charge is 2.12. The summed E-state index contributed by atoms with van der Waals surface area (Å²) in [5.41, 5.74) is 4.12. The minimum absolute atomic E-state index is 0.212. The van der Waals surface area contributed by atoms with Crippen molar-refractivity contribution in [2.24, 2.45) is 0 Å². The van der Waals surface area contributed by atoms with Gasteiger partial charge in [-0.2, -0.15) is 0 Å². The molecule has 0 saturated carbocycles. The van der Waals surface area contributed by atoms with Crippen LogP contribution >= 0.6 is 11.8 Å². The van der Waals surface area contributed by atoms with Gasteiger partial charge in [-0.25, -0.2) is 0 Å². The first-order chi connectivity index (χ1) is 9.50. The molecule has 0 aromatic heterocycles. The van der Waals surface area contributed by atoms with Gasteiger partial charge in [0.2, 0.25) is 0 Å². The van der Waals surface area contributed by atoms with Gasteiger partial charge in [0, 0.05) is 4.91 Å². The van der Waals surface area contributed by atoms with Crippen molar-refractivity contribution in [1.82, 2.24) is 0 Å². The average molecular weight is 282 g/mol. The van der Waals surface area contributed by atoms with Gasteiger partial charge in [-0.05, 0) is 34.4 Å². The summed E-state index contributed by atoms with van der Waals surface area (Å²) >= 11 is 1.79. The number of rotatable bonds is 3. The topological polar surface area (TPSA) is 0 Å². The summed E-state index contributed by atoms with van der Waals surface area (Å²) in [4.78, 5) is 1.30. The lowest BCUT2D eigenvalue weighted by atomic mass is 9.87. The molecule has 2 rings (SSSR count). The van der Waals surface area contributed by atoms with E-state index in [2.05, 4.69) is 87.7 Å². The summed E-state index contributed by atoms with van der Waals surface area (Å²) in [7, 11) is 0. The molecular formula is C19H22S. The van der Waals surface area contributed by atoms with Crippen LogP contribution in [0.1, 0.15) is 37.5 Å². The molecule has 20 heavy (non-hydrogen) atoms. The molecule has 2 aromatic carbocycles. The van der Waals surface area contributed by atoms with E-state index in [1.54, 1.807) is 11.8 Å². The summed E-state index contributed by atoms with van der Waals surface area (Å²) in [6.07, 6.45) is 4.38. The van der Waals surface area contributed by atoms with Gasteiger partial charge in [-0.15, -0.1) is 11.8 Å². The smallest absolute Gasteiger partial charge is 0.0148 e. The van der Waals surface area contributed by atoms with Crippen molar-refractivity contribution in [3.05, 3.63) is 71.3 Å². The van der Waals surface area contributed by atoms with Crippen molar-refractivity contribution >= 4 is 22.7 Å². The highest BCUT2D eigenvalue weighted by molar-refractivity contribution is 8.07. The molecule has 0 fully saturated rings. The maximum atomic E-state index is 2.26. The zero-order chi connectivity index (χ0) is 14.6. The van der Waals surface area contributed by atoms with E-state index in [1.165, 1.54) is 21.6 Å². The van der Waals surface area contributed by atoms with E-state index in [-0.39, 0.29) is 5.41 Å². The summed E-state index contributed by atoms with van der Waals surface area (Å²) in [5.74, 6) is 0. The molecule has 0 saturated heterocycles. The normalized spacial score (nSPS) is 12.5. The molecule has 0 amide bonds. The van der Waals surface area contributed by atoms with Gasteiger partial charge in [0.25, 0.3) is 0 Å². The molecule has 0 radical (unpaired) electrons. The second kappa shape index (κ2) is 6.32. The molecule has 0 nitrogen and oxygen atoms in total. The van der Waals surface area contributed by atoms with Crippen molar-refractivity contribution < 1.29 is 0 Å². The minimum Gasteiger partial charge on any atom is -0.129 e. The fourth-order valence-corrected chi connectivity index (χ4v) is 2.72. The Balaban J connectivity index is 2.29. The van der Waals surface area contributed by atoms with Crippen molar-refractivity contribution in [3.8, 4) is 0 Å². The third-order valence-corrected chi connectivity index (χ3v) is 4.15. The Bertz CT molecular complexity index is 571. The number of benzene rings is 2. The van der Waals surface area contributed by atoms with Crippen LogP contribution in [0, 0.1) is 0 Å². The number of thioether (sulfide) groups is 1. The van der Waals surface area contributed by atoms with E-state index in [4.69, 9.17) is 0 Å². The van der Waals surface area contributed by atoms with Crippen LogP contribution in [0.2, 0.25) is 0 Å². The van der Waals surface area contributed by atoms with Crippen LogP contribution in [0.3, 0.4) is 0 Å². The van der Waals surface area contributed by atoms with Crippen molar-refractivity contribution in [2.45, 2.75) is 26.2 Å². The standard InChI is InChI=1S/C19H22S/c1-19(2,3)17-12-10-15(11-13-17)14-18(20-4)16-8-6-5-7-9-16/h5-14H,1-4H3/b18-14-. The Hall–Kier alpha value is -1.47. The van der Waals surface area contributed by atoms with Gasteiger partial charge in [0.05, 0.1) is 0 Å². The van der Waals surface area contributed by atoms with Gasteiger partial charge < -0.3 is 0 Å². The van der Waals surface area contributed by atoms with E-state index in [0.29, 0.717) is 0 Å². The van der Waals surface area contributed by atoms with Crippen molar-refractivity contribution in [3.63, 3.8) is 0 Å². The lowest BCUT2D eigenvalue weighted by molar-refractivity contribution is 0.590. The minimum atomic E-state index is 0.212. The summed E-state index contributed by atoms with van der Waals surface area (Å²) in [5, 5.41) is 0. The van der Waals surface area contributed by atoms with Gasteiger partial charge in [0.15, 0.2) is 0 Å². The highest BCUT2D eigenvalue weighted by atomic mass is 32.2. The van der Waals surface area contributed by atoms with Crippen LogP contribution in [0.15, 0.2) is 54.6 Å². The molecule has 0 aliphatic rings. The first kappa shape index (κ1) is 14.9. The Kier molecular flexibility index (Phi) is 4.72. The third-order valence-electron chi connectivity index (χ3n) is 3.35. The van der Waals surface area contributed by atoms with Crippen LogP contribution in [0.4, 0.5) is 0 Å². The largest absolute Gasteiger partial charge is 0.129 e. The van der Waals surface area contributed by atoms with Crippen LogP contribution < -0.4 is 0 Å². The molecule has 2 aromatic rings. The van der Waals surface area contributed by atoms with E-state index in [9.17, 15) is 0 Å². The molecule has 0 bridgehead atoms. The van der Waals surface area contributed by atoms with Gasteiger partial charge in [-0.1, -0.05) is 75.4 Å². The molecule has 0 aliphatic carbocycles. The molecule has 1 heteroatoms. The second-order valence-electron chi connectivity index (χ2n) is 5.95. The molecule has 0 unspecified atom stereocenters. The lowest BCUT2D eigenvalue weighted by Gasteiger charge is -2.18. The summed E-state index contributed by atoms with van der Waals surface area (Å²) in [6, 6.07) is 19.4. The number of hydrogen-bond donors (Lipinski definition) is 0. The van der Waals surface area contributed by atoms with Gasteiger partial charge in [-0.3, -0.25) is 0 Å². The zero-order valence-electron chi connectivity index (χ0n) is 12.7. The van der Waals surface area contributed by atoms with E-state index in [1.807, 2.05) is 0 Å². The van der Waals surface area contributed by atoms with E-state index < -0.39 is 0 Å². The first-order valence-electron chi connectivity index (χ1n) is 6.92. The molecule has 0 N–H and O–H groups in total. The third kappa shape index (κ3) is 3.77. The van der Waals surface area contributed by atoms with Crippen LogP contribution in [-0.2, 0) is 5.41 Å². The molecule has 0 atom stereocenters. The first-order valence-corrected chi connectivity index (χ1v) is 8.15. The fourth-order valence-electron chi connectivity index (χ4n) is 2.09. The van der Waals surface area contributed by atoms with Crippen LogP contribution in [0.5, 0.6) is 0 Å². The lowest BCUT2D eigenvalue weighted by Crippen LogP contribution is -2.10. The number of hydrogen-bond acceptors (Lipinski definition) is 1. The Labute approximate surface area is 126 Å². The molecule has 0 heterocycles. The van der Waals surface area contributed by atoms with Crippen molar-refractivity contribution in [1.29, 1.82) is 0 Å². The summed E-state index contributed by atoms with van der Waals surface area (Å²) < 4.78 is 0. The van der Waals surface area contributed by atoms with Crippen molar-refractivity contribution in [2.75, 3.05) is 6.26 Å². The fraction of sp³-hybridized carbons (Fsp3) is 0.263. The zero-order valence-corrected chi connectivity index (χ0v) is 13.5. The monoisotopic (exact) mass is 282 g/mol. The molecular weight excluding hydrogens is 260 g/mol. The highest BCUT2D eigenvalue weighted by Crippen LogP contribution is 2.28. The van der Waals surface area contributed by atoms with Crippen LogP contribution in [0.25, 0.3) is 11.0 Å². The average Bonchev–Trinajstić information content (AvgIpc) is 2.45. The maximum absolute atomic E-state index is 2.26. The SMILES string of the molecule is CS/C(=C\c1ccc(C(C)(C)C)cc1)c1ccccc1. The van der Waals surface area contributed by atoms with Crippen LogP contribution in [-0.4, -0.2) is 6.26 Å².